The molecule has 1 fully saturated rings. The molecule has 17 heavy (non-hydrogen) atoms. The van der Waals surface area contributed by atoms with Gasteiger partial charge in [-0.05, 0) is 31.0 Å². The highest BCUT2D eigenvalue weighted by Crippen LogP contribution is 2.25. The molecule has 90 valence electrons. The van der Waals surface area contributed by atoms with E-state index >= 15 is 0 Å². The number of aryl methyl sites for hydroxylation is 1. The Bertz CT molecular complexity index is 541. The van der Waals surface area contributed by atoms with Crippen LogP contribution in [0.2, 0.25) is 0 Å². The predicted molar refractivity (Wildman–Crippen MR) is 68.1 cm³/mol. The second kappa shape index (κ2) is 4.04. The van der Waals surface area contributed by atoms with Crippen LogP contribution in [-0.2, 0) is 13.7 Å². The molecule has 1 aromatic heterocycles. The molecule has 0 saturated carbocycles. The van der Waals surface area contributed by atoms with E-state index in [1.54, 1.807) is 0 Å². The van der Waals surface area contributed by atoms with Crippen LogP contribution in [0, 0.1) is 0 Å². The summed E-state index contributed by atoms with van der Waals surface area (Å²) in [6.07, 6.45) is 2.56. The van der Waals surface area contributed by atoms with Crippen LogP contribution in [0.4, 0.5) is 5.69 Å². The summed E-state index contributed by atoms with van der Waals surface area (Å²) in [4.78, 5) is 6.84. The van der Waals surface area contributed by atoms with Gasteiger partial charge in [0.05, 0.1) is 11.0 Å². The van der Waals surface area contributed by atoms with Crippen LogP contribution in [0.25, 0.3) is 11.0 Å². The molecule has 3 rings (SSSR count). The summed E-state index contributed by atoms with van der Waals surface area (Å²) in [5, 5.41) is 9.21. The molecule has 1 aromatic carbocycles. The molecule has 0 amide bonds. The Morgan fingerprint density at radius 1 is 1.29 bits per heavy atom. The van der Waals surface area contributed by atoms with Gasteiger partial charge in [-0.3, -0.25) is 0 Å². The lowest BCUT2D eigenvalue weighted by molar-refractivity contribution is 0.268. The maximum Gasteiger partial charge on any atom is 0.135 e. The van der Waals surface area contributed by atoms with E-state index in [1.807, 2.05) is 11.6 Å². The number of nitrogens with zero attached hydrogens (tertiary/aromatic N) is 3. The summed E-state index contributed by atoms with van der Waals surface area (Å²) in [5.74, 6) is 0.721. The second-order valence-corrected chi connectivity index (χ2v) is 4.61. The fraction of sp³-hybridized carbons (Fsp3) is 0.462. The van der Waals surface area contributed by atoms with Crippen molar-refractivity contribution in [2.24, 2.45) is 7.05 Å². The first kappa shape index (κ1) is 10.6. The van der Waals surface area contributed by atoms with Gasteiger partial charge in [0.25, 0.3) is 0 Å². The SMILES string of the molecule is Cn1c(CO)nc2cc(N3CCCC3)ccc21. The van der Waals surface area contributed by atoms with Gasteiger partial charge in [0.2, 0.25) is 0 Å². The molecule has 0 aliphatic carbocycles. The molecule has 4 heteroatoms. The Morgan fingerprint density at radius 2 is 2.06 bits per heavy atom. The van der Waals surface area contributed by atoms with Crippen LogP contribution in [0.3, 0.4) is 0 Å². The Hall–Kier alpha value is -1.55. The van der Waals surface area contributed by atoms with E-state index in [0.717, 1.165) is 29.9 Å². The molecule has 2 aromatic rings. The Labute approximate surface area is 100 Å². The fourth-order valence-electron chi connectivity index (χ4n) is 2.55. The van der Waals surface area contributed by atoms with Crippen molar-refractivity contribution >= 4 is 16.7 Å². The highest BCUT2D eigenvalue weighted by atomic mass is 16.3. The molecule has 0 spiro atoms. The summed E-state index contributed by atoms with van der Waals surface area (Å²) in [7, 11) is 1.94. The Balaban J connectivity index is 2.06. The largest absolute Gasteiger partial charge is 0.388 e. The summed E-state index contributed by atoms with van der Waals surface area (Å²) in [6.45, 7) is 2.28. The third kappa shape index (κ3) is 1.69. The van der Waals surface area contributed by atoms with Crippen molar-refractivity contribution in [1.82, 2.24) is 9.55 Å². The van der Waals surface area contributed by atoms with Crippen molar-refractivity contribution in [3.8, 4) is 0 Å². The lowest BCUT2D eigenvalue weighted by Crippen LogP contribution is -2.17. The first-order chi connectivity index (χ1) is 8.29. The minimum atomic E-state index is -0.00969. The molecule has 1 saturated heterocycles. The molecular formula is C13H17N3O. The standard InChI is InChI=1S/C13H17N3O/c1-15-12-5-4-10(16-6-2-3-7-16)8-11(12)14-13(15)9-17/h4-5,8,17H,2-3,6-7,9H2,1H3. The monoisotopic (exact) mass is 231 g/mol. The maximum atomic E-state index is 9.21. The van der Waals surface area contributed by atoms with Crippen LogP contribution < -0.4 is 4.90 Å². The maximum absolute atomic E-state index is 9.21. The van der Waals surface area contributed by atoms with Crippen LogP contribution >= 0.6 is 0 Å². The summed E-state index contributed by atoms with van der Waals surface area (Å²) in [5.41, 5.74) is 3.30. The van der Waals surface area contributed by atoms with Crippen molar-refractivity contribution in [2.45, 2.75) is 19.4 Å². The van der Waals surface area contributed by atoms with E-state index in [-0.39, 0.29) is 6.61 Å². The molecule has 1 N–H and O–H groups in total. The average molecular weight is 231 g/mol. The van der Waals surface area contributed by atoms with Gasteiger partial charge >= 0.3 is 0 Å². The van der Waals surface area contributed by atoms with Gasteiger partial charge in [0.1, 0.15) is 12.4 Å². The van der Waals surface area contributed by atoms with E-state index < -0.39 is 0 Å². The number of fused-ring (bicyclic) bond motifs is 1. The molecule has 1 aliphatic rings. The molecule has 1 aliphatic heterocycles. The van der Waals surface area contributed by atoms with Crippen molar-refractivity contribution in [3.05, 3.63) is 24.0 Å². The molecule has 0 bridgehead atoms. The smallest absolute Gasteiger partial charge is 0.135 e. The zero-order valence-corrected chi connectivity index (χ0v) is 10.1. The minimum absolute atomic E-state index is 0.00969. The lowest BCUT2D eigenvalue weighted by Gasteiger charge is -2.17. The summed E-state index contributed by atoms with van der Waals surface area (Å²) >= 11 is 0. The van der Waals surface area contributed by atoms with Gasteiger partial charge < -0.3 is 14.6 Å². The lowest BCUT2D eigenvalue weighted by atomic mass is 10.2. The number of hydrogen-bond donors (Lipinski definition) is 1. The number of benzene rings is 1. The molecule has 2 heterocycles. The normalized spacial score (nSPS) is 16.0. The fourth-order valence-corrected chi connectivity index (χ4v) is 2.55. The Kier molecular flexibility index (Phi) is 2.52. The number of rotatable bonds is 2. The van der Waals surface area contributed by atoms with Crippen molar-refractivity contribution in [3.63, 3.8) is 0 Å². The van der Waals surface area contributed by atoms with E-state index in [0.29, 0.717) is 0 Å². The van der Waals surface area contributed by atoms with Crippen LogP contribution in [0.15, 0.2) is 18.2 Å². The number of anilines is 1. The number of hydrogen-bond acceptors (Lipinski definition) is 3. The Morgan fingerprint density at radius 3 is 2.76 bits per heavy atom. The third-order valence-electron chi connectivity index (χ3n) is 3.57. The van der Waals surface area contributed by atoms with E-state index in [9.17, 15) is 5.11 Å². The number of imidazole rings is 1. The minimum Gasteiger partial charge on any atom is -0.388 e. The van der Waals surface area contributed by atoms with Crippen molar-refractivity contribution in [1.29, 1.82) is 0 Å². The van der Waals surface area contributed by atoms with E-state index in [1.165, 1.54) is 18.5 Å². The molecule has 0 unspecified atom stereocenters. The summed E-state index contributed by atoms with van der Waals surface area (Å²) in [6, 6.07) is 6.37. The molecular weight excluding hydrogens is 214 g/mol. The molecule has 4 nitrogen and oxygen atoms in total. The van der Waals surface area contributed by atoms with Gasteiger partial charge in [0, 0.05) is 25.8 Å². The van der Waals surface area contributed by atoms with Crippen molar-refractivity contribution in [2.75, 3.05) is 18.0 Å². The van der Waals surface area contributed by atoms with E-state index in [2.05, 4.69) is 28.1 Å². The van der Waals surface area contributed by atoms with Crippen LogP contribution in [-0.4, -0.2) is 27.7 Å². The topological polar surface area (TPSA) is 41.3 Å². The first-order valence-corrected chi connectivity index (χ1v) is 6.11. The van der Waals surface area contributed by atoms with Crippen LogP contribution in [0.1, 0.15) is 18.7 Å². The van der Waals surface area contributed by atoms with Gasteiger partial charge in [-0.15, -0.1) is 0 Å². The number of aliphatic hydroxyl groups is 1. The van der Waals surface area contributed by atoms with Crippen LogP contribution in [0.5, 0.6) is 0 Å². The molecule has 0 atom stereocenters. The van der Waals surface area contributed by atoms with Gasteiger partial charge in [-0.25, -0.2) is 4.98 Å². The second-order valence-electron chi connectivity index (χ2n) is 4.61. The number of aliphatic hydroxyl groups excluding tert-OH is 1. The van der Waals surface area contributed by atoms with E-state index in [4.69, 9.17) is 0 Å². The van der Waals surface area contributed by atoms with Gasteiger partial charge in [0.15, 0.2) is 0 Å². The summed E-state index contributed by atoms with van der Waals surface area (Å²) < 4.78 is 1.95. The number of aromatic nitrogens is 2. The third-order valence-corrected chi connectivity index (χ3v) is 3.57. The first-order valence-electron chi connectivity index (χ1n) is 6.11. The van der Waals surface area contributed by atoms with Gasteiger partial charge in [-0.2, -0.15) is 0 Å². The average Bonchev–Trinajstić information content (AvgIpc) is 2.97. The highest BCUT2D eigenvalue weighted by Gasteiger charge is 2.14. The quantitative estimate of drug-likeness (QED) is 0.854. The zero-order chi connectivity index (χ0) is 11.8. The molecule has 0 radical (unpaired) electrons. The predicted octanol–water partition coefficient (Wildman–Crippen LogP) is 1.67. The highest BCUT2D eigenvalue weighted by molar-refractivity contribution is 5.80. The van der Waals surface area contributed by atoms with Gasteiger partial charge in [-0.1, -0.05) is 0 Å². The zero-order valence-electron chi connectivity index (χ0n) is 10.1. The van der Waals surface area contributed by atoms with Crippen molar-refractivity contribution < 1.29 is 5.11 Å².